The summed E-state index contributed by atoms with van der Waals surface area (Å²) in [5, 5.41) is 13.0. The van der Waals surface area contributed by atoms with Gasteiger partial charge in [0.2, 0.25) is 0 Å². The third-order valence-corrected chi connectivity index (χ3v) is 4.62. The topological polar surface area (TPSA) is 32.3 Å². The molecule has 1 aliphatic rings. The van der Waals surface area contributed by atoms with Crippen molar-refractivity contribution in [3.05, 3.63) is 29.8 Å². The van der Waals surface area contributed by atoms with E-state index in [1.165, 1.54) is 36.9 Å². The fraction of sp³-hybridized carbons (Fsp3) is 0.667. The van der Waals surface area contributed by atoms with Gasteiger partial charge in [0.25, 0.3) is 0 Å². The second kappa shape index (κ2) is 6.62. The Morgan fingerprint density at radius 3 is 2.20 bits per heavy atom. The van der Waals surface area contributed by atoms with Crippen molar-refractivity contribution in [2.24, 2.45) is 11.8 Å². The van der Waals surface area contributed by atoms with Crippen LogP contribution in [0, 0.1) is 11.8 Å². The van der Waals surface area contributed by atoms with Gasteiger partial charge in [-0.15, -0.1) is 0 Å². The molecule has 0 heterocycles. The largest absolute Gasteiger partial charge is 0.396 e. The molecule has 2 N–H and O–H groups in total. The van der Waals surface area contributed by atoms with Crippen LogP contribution in [-0.2, 0) is 5.41 Å². The highest BCUT2D eigenvalue weighted by Crippen LogP contribution is 2.30. The van der Waals surface area contributed by atoms with Gasteiger partial charge >= 0.3 is 0 Å². The van der Waals surface area contributed by atoms with Crippen molar-refractivity contribution in [2.45, 2.75) is 51.9 Å². The highest BCUT2D eigenvalue weighted by molar-refractivity contribution is 5.45. The third kappa shape index (κ3) is 3.99. The minimum atomic E-state index is 0.212. The molecule has 0 saturated heterocycles. The molecule has 0 aliphatic heterocycles. The first kappa shape index (κ1) is 15.4. The first-order chi connectivity index (χ1) is 9.50. The Balaban J connectivity index is 1.90. The molecule has 2 unspecified atom stereocenters. The van der Waals surface area contributed by atoms with Gasteiger partial charge in [0.05, 0.1) is 0 Å². The number of aliphatic hydroxyl groups is 1. The van der Waals surface area contributed by atoms with Gasteiger partial charge in [-0.1, -0.05) is 45.7 Å². The van der Waals surface area contributed by atoms with Gasteiger partial charge in [-0.3, -0.25) is 0 Å². The Morgan fingerprint density at radius 1 is 1.05 bits per heavy atom. The van der Waals surface area contributed by atoms with Crippen molar-refractivity contribution >= 4 is 5.69 Å². The molecule has 1 aliphatic carbocycles. The standard InChI is InChI=1S/C18H29NO/c1-18(2,3)16-8-10-17(11-9-16)19-12-14-6-4-5-7-15(14)13-20/h8-11,14-15,19-20H,4-7,12-13H2,1-3H3. The Kier molecular flexibility index (Phi) is 5.09. The zero-order valence-corrected chi connectivity index (χ0v) is 13.2. The lowest BCUT2D eigenvalue weighted by Crippen LogP contribution is -2.28. The van der Waals surface area contributed by atoms with Crippen molar-refractivity contribution in [3.8, 4) is 0 Å². The smallest absolute Gasteiger partial charge is 0.0462 e. The lowest BCUT2D eigenvalue weighted by Gasteiger charge is -2.30. The van der Waals surface area contributed by atoms with Gasteiger partial charge in [0, 0.05) is 18.8 Å². The van der Waals surface area contributed by atoms with Gasteiger partial charge in [-0.05, 0) is 47.8 Å². The predicted octanol–water partition coefficient (Wildman–Crippen LogP) is 4.19. The fourth-order valence-corrected chi connectivity index (χ4v) is 3.13. The summed E-state index contributed by atoms with van der Waals surface area (Å²) in [5.41, 5.74) is 2.78. The summed E-state index contributed by atoms with van der Waals surface area (Å²) in [7, 11) is 0. The maximum Gasteiger partial charge on any atom is 0.0462 e. The summed E-state index contributed by atoms with van der Waals surface area (Å²) in [5.74, 6) is 1.11. The molecule has 0 bridgehead atoms. The average Bonchev–Trinajstić information content (AvgIpc) is 2.45. The van der Waals surface area contributed by atoms with Crippen molar-refractivity contribution in [1.82, 2.24) is 0 Å². The van der Waals surface area contributed by atoms with Gasteiger partial charge in [-0.2, -0.15) is 0 Å². The summed E-state index contributed by atoms with van der Waals surface area (Å²) in [6, 6.07) is 8.79. The van der Waals surface area contributed by atoms with E-state index in [4.69, 9.17) is 0 Å². The van der Waals surface area contributed by atoms with Crippen LogP contribution in [0.15, 0.2) is 24.3 Å². The molecular formula is C18H29NO. The molecule has 20 heavy (non-hydrogen) atoms. The van der Waals surface area contributed by atoms with Crippen molar-refractivity contribution in [1.29, 1.82) is 0 Å². The zero-order valence-electron chi connectivity index (χ0n) is 13.2. The number of benzene rings is 1. The molecule has 1 saturated carbocycles. The van der Waals surface area contributed by atoms with E-state index >= 15 is 0 Å². The molecule has 1 aromatic carbocycles. The molecule has 0 amide bonds. The maximum absolute atomic E-state index is 9.46. The van der Waals surface area contributed by atoms with Crippen LogP contribution in [0.25, 0.3) is 0 Å². The van der Waals surface area contributed by atoms with Crippen LogP contribution in [0.3, 0.4) is 0 Å². The van der Waals surface area contributed by atoms with Crippen LogP contribution < -0.4 is 5.32 Å². The minimum absolute atomic E-state index is 0.212. The third-order valence-electron chi connectivity index (χ3n) is 4.62. The molecular weight excluding hydrogens is 246 g/mol. The normalized spacial score (nSPS) is 23.6. The molecule has 1 fully saturated rings. The highest BCUT2D eigenvalue weighted by Gasteiger charge is 2.24. The van der Waals surface area contributed by atoms with E-state index in [0.29, 0.717) is 18.4 Å². The lowest BCUT2D eigenvalue weighted by atomic mass is 9.79. The van der Waals surface area contributed by atoms with Crippen LogP contribution in [0.1, 0.15) is 52.0 Å². The minimum Gasteiger partial charge on any atom is -0.396 e. The molecule has 112 valence electrons. The first-order valence-electron chi connectivity index (χ1n) is 7.96. The van der Waals surface area contributed by atoms with E-state index < -0.39 is 0 Å². The molecule has 2 heteroatoms. The number of anilines is 1. The summed E-state index contributed by atoms with van der Waals surface area (Å²) in [6.45, 7) is 8.05. The number of aliphatic hydroxyl groups excluding tert-OH is 1. The molecule has 2 nitrogen and oxygen atoms in total. The fourth-order valence-electron chi connectivity index (χ4n) is 3.13. The van der Waals surface area contributed by atoms with E-state index in [2.05, 4.69) is 50.4 Å². The van der Waals surface area contributed by atoms with Gasteiger partial charge in [0.15, 0.2) is 0 Å². The summed E-state index contributed by atoms with van der Waals surface area (Å²) >= 11 is 0. The number of nitrogens with one attached hydrogen (secondary N) is 1. The molecule has 2 atom stereocenters. The molecule has 0 aromatic heterocycles. The molecule has 1 aromatic rings. The molecule has 0 radical (unpaired) electrons. The Morgan fingerprint density at radius 2 is 1.65 bits per heavy atom. The van der Waals surface area contributed by atoms with Gasteiger partial charge in [-0.25, -0.2) is 0 Å². The lowest BCUT2D eigenvalue weighted by molar-refractivity contribution is 0.141. The van der Waals surface area contributed by atoms with Crippen LogP contribution in [0.2, 0.25) is 0 Å². The van der Waals surface area contributed by atoms with E-state index in [0.717, 1.165) is 6.54 Å². The number of hydrogen-bond acceptors (Lipinski definition) is 2. The Labute approximate surface area is 123 Å². The monoisotopic (exact) mass is 275 g/mol. The Bertz CT molecular complexity index is 404. The van der Waals surface area contributed by atoms with Gasteiger partial charge in [0.1, 0.15) is 0 Å². The molecule has 0 spiro atoms. The first-order valence-corrected chi connectivity index (χ1v) is 7.96. The second-order valence-electron chi connectivity index (χ2n) is 7.20. The van der Waals surface area contributed by atoms with Crippen molar-refractivity contribution < 1.29 is 5.11 Å². The van der Waals surface area contributed by atoms with E-state index in [1.807, 2.05) is 0 Å². The number of hydrogen-bond donors (Lipinski definition) is 2. The number of rotatable bonds is 4. The van der Waals surface area contributed by atoms with Crippen LogP contribution >= 0.6 is 0 Å². The Hall–Kier alpha value is -1.02. The van der Waals surface area contributed by atoms with Crippen molar-refractivity contribution in [3.63, 3.8) is 0 Å². The van der Waals surface area contributed by atoms with Crippen LogP contribution in [0.4, 0.5) is 5.69 Å². The molecule has 2 rings (SSSR count). The average molecular weight is 275 g/mol. The quantitative estimate of drug-likeness (QED) is 0.863. The van der Waals surface area contributed by atoms with E-state index in [1.54, 1.807) is 0 Å². The van der Waals surface area contributed by atoms with Crippen molar-refractivity contribution in [2.75, 3.05) is 18.5 Å². The highest BCUT2D eigenvalue weighted by atomic mass is 16.3. The van der Waals surface area contributed by atoms with E-state index in [9.17, 15) is 5.11 Å². The van der Waals surface area contributed by atoms with Crippen LogP contribution in [-0.4, -0.2) is 18.3 Å². The summed E-state index contributed by atoms with van der Waals surface area (Å²) < 4.78 is 0. The van der Waals surface area contributed by atoms with Crippen LogP contribution in [0.5, 0.6) is 0 Å². The zero-order chi connectivity index (χ0) is 14.6. The van der Waals surface area contributed by atoms with E-state index in [-0.39, 0.29) is 5.41 Å². The summed E-state index contributed by atoms with van der Waals surface area (Å²) in [4.78, 5) is 0. The second-order valence-corrected chi connectivity index (χ2v) is 7.20. The maximum atomic E-state index is 9.46. The predicted molar refractivity (Wildman–Crippen MR) is 86.2 cm³/mol. The summed E-state index contributed by atoms with van der Waals surface area (Å²) in [6.07, 6.45) is 5.03. The SMILES string of the molecule is CC(C)(C)c1ccc(NCC2CCCCC2CO)cc1. The van der Waals surface area contributed by atoms with Gasteiger partial charge < -0.3 is 10.4 Å².